The van der Waals surface area contributed by atoms with Crippen molar-refractivity contribution < 1.29 is 0 Å². The fourth-order valence-electron chi connectivity index (χ4n) is 4.58. The Morgan fingerprint density at radius 2 is 1.47 bits per heavy atom. The Labute approximate surface area is 120 Å². The van der Waals surface area contributed by atoms with Gasteiger partial charge in [0.25, 0.3) is 0 Å². The molecule has 19 heavy (non-hydrogen) atoms. The van der Waals surface area contributed by atoms with Crippen molar-refractivity contribution in [1.82, 2.24) is 5.32 Å². The predicted molar refractivity (Wildman–Crippen MR) is 84.3 cm³/mol. The Bertz CT molecular complexity index is 250. The maximum atomic E-state index is 4.02. The minimum atomic E-state index is 0.805. The number of hydrogen-bond donors (Lipinski definition) is 1. The van der Waals surface area contributed by atoms with E-state index in [0.29, 0.717) is 0 Å². The van der Waals surface area contributed by atoms with Gasteiger partial charge in [0.1, 0.15) is 0 Å². The number of hydrogen-bond acceptors (Lipinski definition) is 1. The molecule has 1 N–H and O–H groups in total. The van der Waals surface area contributed by atoms with Crippen molar-refractivity contribution >= 4 is 0 Å². The smallest absolute Gasteiger partial charge is 0.00747 e. The summed E-state index contributed by atoms with van der Waals surface area (Å²) in [6.45, 7) is 9.68. The average Bonchev–Trinajstić information content (AvgIpc) is 2.53. The Morgan fingerprint density at radius 1 is 0.789 bits per heavy atom. The highest BCUT2D eigenvalue weighted by Crippen LogP contribution is 2.32. The molecule has 0 saturated heterocycles. The molecule has 2 saturated carbocycles. The highest BCUT2D eigenvalue weighted by molar-refractivity contribution is 4.84. The Balaban J connectivity index is 1.79. The van der Waals surface area contributed by atoms with Crippen LogP contribution in [0.1, 0.15) is 79.1 Å². The molecule has 0 aliphatic heterocycles. The summed E-state index contributed by atoms with van der Waals surface area (Å²) < 4.78 is 0. The van der Waals surface area contributed by atoms with Crippen molar-refractivity contribution in [2.75, 3.05) is 0 Å². The van der Waals surface area contributed by atoms with Gasteiger partial charge in [-0.05, 0) is 62.2 Å². The molecular weight excluding hydrogens is 230 g/mol. The van der Waals surface area contributed by atoms with Crippen LogP contribution in [0.25, 0.3) is 0 Å². The summed E-state index contributed by atoms with van der Waals surface area (Å²) in [5.74, 6) is 3.72. The molecule has 0 amide bonds. The average molecular weight is 265 g/mol. The first-order valence-corrected chi connectivity index (χ1v) is 8.80. The molecule has 0 heterocycles. The first-order valence-electron chi connectivity index (χ1n) is 8.80. The summed E-state index contributed by atoms with van der Waals surface area (Å²) in [6.07, 6.45) is 11.5. The van der Waals surface area contributed by atoms with Gasteiger partial charge in [0.05, 0.1) is 0 Å². The second-order valence-corrected chi connectivity index (χ2v) is 7.99. The summed E-state index contributed by atoms with van der Waals surface area (Å²) in [6, 6.07) is 1.62. The highest BCUT2D eigenvalue weighted by atomic mass is 15.0. The monoisotopic (exact) mass is 265 g/mol. The molecule has 0 bridgehead atoms. The zero-order valence-corrected chi connectivity index (χ0v) is 13.6. The zero-order chi connectivity index (χ0) is 13.8. The van der Waals surface area contributed by atoms with Gasteiger partial charge in [-0.2, -0.15) is 0 Å². The van der Waals surface area contributed by atoms with Gasteiger partial charge in [-0.3, -0.25) is 0 Å². The summed E-state index contributed by atoms with van der Waals surface area (Å²) >= 11 is 0. The van der Waals surface area contributed by atoms with Crippen LogP contribution in [0.5, 0.6) is 0 Å². The minimum Gasteiger partial charge on any atom is -0.311 e. The van der Waals surface area contributed by atoms with E-state index in [0.717, 1.165) is 35.8 Å². The van der Waals surface area contributed by atoms with E-state index < -0.39 is 0 Å². The van der Waals surface area contributed by atoms with Gasteiger partial charge < -0.3 is 5.32 Å². The van der Waals surface area contributed by atoms with Gasteiger partial charge in [-0.1, -0.05) is 40.5 Å². The third kappa shape index (κ3) is 4.77. The quantitative estimate of drug-likeness (QED) is 0.708. The van der Waals surface area contributed by atoms with E-state index in [1.54, 1.807) is 0 Å². The van der Waals surface area contributed by atoms with Crippen LogP contribution >= 0.6 is 0 Å². The third-order valence-electron chi connectivity index (χ3n) is 5.61. The molecule has 2 aliphatic carbocycles. The topological polar surface area (TPSA) is 12.0 Å². The maximum absolute atomic E-state index is 4.02. The van der Waals surface area contributed by atoms with Gasteiger partial charge in [-0.25, -0.2) is 0 Å². The van der Waals surface area contributed by atoms with Crippen LogP contribution in [0, 0.1) is 23.7 Å². The molecule has 0 radical (unpaired) electrons. The van der Waals surface area contributed by atoms with E-state index in [-0.39, 0.29) is 0 Å². The second kappa shape index (κ2) is 7.11. The van der Waals surface area contributed by atoms with Crippen LogP contribution in [0.4, 0.5) is 0 Å². The van der Waals surface area contributed by atoms with E-state index in [9.17, 15) is 0 Å². The predicted octanol–water partition coefficient (Wildman–Crippen LogP) is 5.01. The Morgan fingerprint density at radius 3 is 2.11 bits per heavy atom. The zero-order valence-electron chi connectivity index (χ0n) is 13.6. The molecule has 0 spiro atoms. The van der Waals surface area contributed by atoms with Gasteiger partial charge in [-0.15, -0.1) is 0 Å². The highest BCUT2D eigenvalue weighted by Gasteiger charge is 2.27. The van der Waals surface area contributed by atoms with Gasteiger partial charge in [0.2, 0.25) is 0 Å². The van der Waals surface area contributed by atoms with E-state index in [2.05, 4.69) is 33.0 Å². The first-order chi connectivity index (χ1) is 9.04. The number of rotatable bonds is 3. The Kier molecular flexibility index (Phi) is 5.74. The van der Waals surface area contributed by atoms with Crippen molar-refractivity contribution in [3.05, 3.63) is 0 Å². The van der Waals surface area contributed by atoms with E-state index >= 15 is 0 Å². The fraction of sp³-hybridized carbons (Fsp3) is 1.00. The lowest BCUT2D eigenvalue weighted by Crippen LogP contribution is -2.42. The van der Waals surface area contributed by atoms with Crippen molar-refractivity contribution in [2.24, 2.45) is 23.7 Å². The second-order valence-electron chi connectivity index (χ2n) is 7.99. The van der Waals surface area contributed by atoms with Gasteiger partial charge in [0.15, 0.2) is 0 Å². The molecule has 0 aromatic heterocycles. The van der Waals surface area contributed by atoms with Crippen LogP contribution in [0.3, 0.4) is 0 Å². The van der Waals surface area contributed by atoms with E-state index in [1.165, 1.54) is 51.4 Å². The molecule has 0 aromatic rings. The molecule has 4 unspecified atom stereocenters. The van der Waals surface area contributed by atoms with Crippen molar-refractivity contribution in [1.29, 1.82) is 0 Å². The normalized spacial score (nSPS) is 41.2. The lowest BCUT2D eigenvalue weighted by atomic mass is 9.80. The largest absolute Gasteiger partial charge is 0.311 e. The summed E-state index contributed by atoms with van der Waals surface area (Å²) in [4.78, 5) is 0. The van der Waals surface area contributed by atoms with E-state index in [1.807, 2.05) is 0 Å². The standard InChI is InChI=1S/C18H35N/c1-13(2)16-6-5-7-17(9-8-16)19-18-11-14(3)10-15(4)12-18/h13-19H,5-12H2,1-4H3. The summed E-state index contributed by atoms with van der Waals surface area (Å²) in [5.41, 5.74) is 0. The van der Waals surface area contributed by atoms with Crippen molar-refractivity contribution in [3.63, 3.8) is 0 Å². The lowest BCUT2D eigenvalue weighted by molar-refractivity contribution is 0.219. The summed E-state index contributed by atoms with van der Waals surface area (Å²) in [5, 5.41) is 4.02. The molecule has 4 atom stereocenters. The summed E-state index contributed by atoms with van der Waals surface area (Å²) in [7, 11) is 0. The third-order valence-corrected chi connectivity index (χ3v) is 5.61. The minimum absolute atomic E-state index is 0.805. The van der Waals surface area contributed by atoms with Crippen molar-refractivity contribution in [3.8, 4) is 0 Å². The number of nitrogens with one attached hydrogen (secondary N) is 1. The molecule has 112 valence electrons. The lowest BCUT2D eigenvalue weighted by Gasteiger charge is -2.34. The molecular formula is C18H35N. The molecule has 2 fully saturated rings. The molecule has 1 heteroatoms. The molecule has 1 nitrogen and oxygen atoms in total. The van der Waals surface area contributed by atoms with Gasteiger partial charge in [0, 0.05) is 12.1 Å². The van der Waals surface area contributed by atoms with Gasteiger partial charge >= 0.3 is 0 Å². The van der Waals surface area contributed by atoms with E-state index in [4.69, 9.17) is 0 Å². The van der Waals surface area contributed by atoms with Crippen LogP contribution in [0.2, 0.25) is 0 Å². The van der Waals surface area contributed by atoms with Crippen molar-refractivity contribution in [2.45, 2.75) is 91.1 Å². The molecule has 2 rings (SSSR count). The van der Waals surface area contributed by atoms with Crippen LogP contribution < -0.4 is 5.32 Å². The van der Waals surface area contributed by atoms with Crippen LogP contribution in [-0.2, 0) is 0 Å². The first kappa shape index (κ1) is 15.4. The molecule has 2 aliphatic rings. The molecule has 0 aromatic carbocycles. The SMILES string of the molecule is CC1CC(C)CC(NC2CCCC(C(C)C)CC2)C1. The fourth-order valence-corrected chi connectivity index (χ4v) is 4.58. The van der Waals surface area contributed by atoms with Crippen LogP contribution in [0.15, 0.2) is 0 Å². The Hall–Kier alpha value is -0.0400. The van der Waals surface area contributed by atoms with Crippen LogP contribution in [-0.4, -0.2) is 12.1 Å². The maximum Gasteiger partial charge on any atom is 0.00747 e.